The van der Waals surface area contributed by atoms with Gasteiger partial charge in [0.2, 0.25) is 17.8 Å². The van der Waals surface area contributed by atoms with Crippen LogP contribution in [0.25, 0.3) is 11.4 Å². The standard InChI is InChI=1S/C22H21N3O5/c1-3-15-8-10-16(11-9-15)21-23-20(30-24-21)13-28-22(27)19-12-25(14(2)26)17-6-4-5-7-18(17)29-19/h4-11,19H,3,12-13H2,1-2H3/t19-/m1/s1. The monoisotopic (exact) mass is 407 g/mol. The number of para-hydroxylation sites is 2. The summed E-state index contributed by atoms with van der Waals surface area (Å²) in [6.45, 7) is 3.42. The first-order valence-electron chi connectivity index (χ1n) is 9.67. The van der Waals surface area contributed by atoms with Crippen LogP contribution in [-0.2, 0) is 27.4 Å². The van der Waals surface area contributed by atoms with Crippen molar-refractivity contribution in [2.24, 2.45) is 0 Å². The number of carbonyl (C=O) groups is 2. The second-order valence-electron chi connectivity index (χ2n) is 6.87. The zero-order valence-corrected chi connectivity index (χ0v) is 16.7. The van der Waals surface area contributed by atoms with Crippen LogP contribution in [-0.4, -0.2) is 34.7 Å². The van der Waals surface area contributed by atoms with Crippen LogP contribution < -0.4 is 9.64 Å². The van der Waals surface area contributed by atoms with E-state index in [1.54, 1.807) is 24.3 Å². The third-order valence-electron chi connectivity index (χ3n) is 4.84. The highest BCUT2D eigenvalue weighted by Crippen LogP contribution is 2.33. The largest absolute Gasteiger partial charge is 0.475 e. The Morgan fingerprint density at radius 1 is 1.17 bits per heavy atom. The number of rotatable bonds is 5. The van der Waals surface area contributed by atoms with Crippen molar-refractivity contribution in [1.29, 1.82) is 0 Å². The van der Waals surface area contributed by atoms with Crippen molar-refractivity contribution in [3.63, 3.8) is 0 Å². The number of anilines is 1. The molecule has 0 aliphatic carbocycles. The van der Waals surface area contributed by atoms with Gasteiger partial charge < -0.3 is 18.9 Å². The van der Waals surface area contributed by atoms with Crippen LogP contribution in [0.15, 0.2) is 53.1 Å². The zero-order chi connectivity index (χ0) is 21.1. The maximum absolute atomic E-state index is 12.5. The molecule has 4 rings (SSSR count). The molecule has 2 heterocycles. The number of amides is 1. The van der Waals surface area contributed by atoms with Gasteiger partial charge >= 0.3 is 5.97 Å². The van der Waals surface area contributed by atoms with Gasteiger partial charge in [0.25, 0.3) is 5.89 Å². The summed E-state index contributed by atoms with van der Waals surface area (Å²) in [5.74, 6) is 0.269. The summed E-state index contributed by atoms with van der Waals surface area (Å²) in [6.07, 6.45) is 0.00968. The van der Waals surface area contributed by atoms with E-state index in [1.165, 1.54) is 17.4 Å². The Morgan fingerprint density at radius 3 is 2.67 bits per heavy atom. The third kappa shape index (κ3) is 4.03. The number of ether oxygens (including phenoxy) is 2. The molecule has 154 valence electrons. The van der Waals surface area contributed by atoms with Crippen LogP contribution >= 0.6 is 0 Å². The fourth-order valence-electron chi connectivity index (χ4n) is 3.20. The molecule has 1 aromatic heterocycles. The van der Waals surface area contributed by atoms with E-state index in [1.807, 2.05) is 24.3 Å². The molecule has 1 aliphatic rings. The number of aryl methyl sites for hydroxylation is 1. The maximum Gasteiger partial charge on any atom is 0.349 e. The number of fused-ring (bicyclic) bond motifs is 1. The number of esters is 1. The first kappa shape index (κ1) is 19.6. The molecule has 1 amide bonds. The molecule has 0 radical (unpaired) electrons. The van der Waals surface area contributed by atoms with Crippen molar-refractivity contribution in [3.05, 3.63) is 60.0 Å². The van der Waals surface area contributed by atoms with Crippen molar-refractivity contribution < 1.29 is 23.6 Å². The van der Waals surface area contributed by atoms with E-state index in [0.717, 1.165) is 12.0 Å². The molecule has 30 heavy (non-hydrogen) atoms. The number of hydrogen-bond acceptors (Lipinski definition) is 7. The molecule has 1 aliphatic heterocycles. The molecule has 0 bridgehead atoms. The van der Waals surface area contributed by atoms with Crippen LogP contribution in [0.2, 0.25) is 0 Å². The van der Waals surface area contributed by atoms with Crippen molar-refractivity contribution in [1.82, 2.24) is 10.1 Å². The number of aromatic nitrogens is 2. The maximum atomic E-state index is 12.5. The van der Waals surface area contributed by atoms with Gasteiger partial charge in [-0.05, 0) is 24.1 Å². The minimum atomic E-state index is -0.937. The van der Waals surface area contributed by atoms with E-state index in [2.05, 4.69) is 17.1 Å². The molecule has 2 aromatic carbocycles. The third-order valence-corrected chi connectivity index (χ3v) is 4.84. The molecule has 8 nitrogen and oxygen atoms in total. The van der Waals surface area contributed by atoms with Crippen LogP contribution in [0.4, 0.5) is 5.69 Å². The second kappa shape index (κ2) is 8.36. The number of carbonyl (C=O) groups excluding carboxylic acids is 2. The molecular weight excluding hydrogens is 386 g/mol. The van der Waals surface area contributed by atoms with Gasteiger partial charge in [-0.25, -0.2) is 4.79 Å². The summed E-state index contributed by atoms with van der Waals surface area (Å²) in [7, 11) is 0. The topological polar surface area (TPSA) is 94.8 Å². The summed E-state index contributed by atoms with van der Waals surface area (Å²) in [4.78, 5) is 30.3. The molecule has 0 saturated carbocycles. The first-order chi connectivity index (χ1) is 14.5. The summed E-state index contributed by atoms with van der Waals surface area (Å²) in [6, 6.07) is 14.9. The predicted octanol–water partition coefficient (Wildman–Crippen LogP) is 3.16. The first-order valence-corrected chi connectivity index (χ1v) is 9.67. The molecular formula is C22H21N3O5. The lowest BCUT2D eigenvalue weighted by Gasteiger charge is -2.32. The van der Waals surface area contributed by atoms with Gasteiger partial charge in [-0.2, -0.15) is 4.98 Å². The molecule has 0 saturated heterocycles. The van der Waals surface area contributed by atoms with Crippen LogP contribution in [0.3, 0.4) is 0 Å². The highest BCUT2D eigenvalue weighted by atomic mass is 16.6. The highest BCUT2D eigenvalue weighted by molar-refractivity contribution is 5.95. The van der Waals surface area contributed by atoms with Crippen molar-refractivity contribution in [2.75, 3.05) is 11.4 Å². The Kier molecular flexibility index (Phi) is 5.47. The SMILES string of the molecule is CCc1ccc(-c2noc(COC(=O)[C@H]3CN(C(C)=O)c4ccccc4O3)n2)cc1. The Bertz CT molecular complexity index is 1060. The van der Waals surface area contributed by atoms with Gasteiger partial charge in [0.15, 0.2) is 6.61 Å². The minimum absolute atomic E-state index is 0.0735. The molecule has 8 heteroatoms. The van der Waals surface area contributed by atoms with Gasteiger partial charge in [-0.15, -0.1) is 0 Å². The van der Waals surface area contributed by atoms with Crippen LogP contribution in [0, 0.1) is 0 Å². The molecule has 0 fully saturated rings. The fourth-order valence-corrected chi connectivity index (χ4v) is 3.20. The average molecular weight is 407 g/mol. The number of hydrogen-bond donors (Lipinski definition) is 0. The molecule has 0 spiro atoms. The van der Waals surface area contributed by atoms with E-state index >= 15 is 0 Å². The van der Waals surface area contributed by atoms with Crippen LogP contribution in [0.1, 0.15) is 25.3 Å². The van der Waals surface area contributed by atoms with E-state index in [-0.39, 0.29) is 24.9 Å². The van der Waals surface area contributed by atoms with Gasteiger partial charge in [0, 0.05) is 12.5 Å². The summed E-state index contributed by atoms with van der Waals surface area (Å²) in [5, 5.41) is 3.94. The summed E-state index contributed by atoms with van der Waals surface area (Å²) >= 11 is 0. The normalized spacial score (nSPS) is 15.3. The fraction of sp³-hybridized carbons (Fsp3) is 0.273. The number of nitrogens with zero attached hydrogens (tertiary/aromatic N) is 3. The summed E-state index contributed by atoms with van der Waals surface area (Å²) < 4.78 is 16.2. The Balaban J connectivity index is 1.40. The lowest BCUT2D eigenvalue weighted by Crippen LogP contribution is -2.47. The molecule has 3 aromatic rings. The molecule has 1 atom stereocenters. The Hall–Kier alpha value is -3.68. The average Bonchev–Trinajstić information content (AvgIpc) is 3.25. The highest BCUT2D eigenvalue weighted by Gasteiger charge is 2.33. The van der Waals surface area contributed by atoms with Crippen molar-refractivity contribution in [3.8, 4) is 17.1 Å². The van der Waals surface area contributed by atoms with Gasteiger partial charge in [0.1, 0.15) is 5.75 Å². The Labute approximate surface area is 173 Å². The summed E-state index contributed by atoms with van der Waals surface area (Å²) in [5.41, 5.74) is 2.66. The van der Waals surface area contributed by atoms with Crippen molar-refractivity contribution in [2.45, 2.75) is 33.0 Å². The van der Waals surface area contributed by atoms with Gasteiger partial charge in [0.05, 0.1) is 12.2 Å². The van der Waals surface area contributed by atoms with Gasteiger partial charge in [-0.3, -0.25) is 4.79 Å². The van der Waals surface area contributed by atoms with Crippen LogP contribution in [0.5, 0.6) is 5.75 Å². The zero-order valence-electron chi connectivity index (χ0n) is 16.7. The van der Waals surface area contributed by atoms with Crippen molar-refractivity contribution >= 4 is 17.6 Å². The lowest BCUT2D eigenvalue weighted by molar-refractivity contribution is -0.154. The predicted molar refractivity (Wildman–Crippen MR) is 108 cm³/mol. The van der Waals surface area contributed by atoms with Gasteiger partial charge in [-0.1, -0.05) is 48.5 Å². The smallest absolute Gasteiger partial charge is 0.349 e. The van der Waals surface area contributed by atoms with E-state index in [9.17, 15) is 9.59 Å². The Morgan fingerprint density at radius 2 is 1.93 bits per heavy atom. The van der Waals surface area contributed by atoms with E-state index in [0.29, 0.717) is 17.3 Å². The molecule has 0 N–H and O–H groups in total. The second-order valence-corrected chi connectivity index (χ2v) is 6.87. The lowest BCUT2D eigenvalue weighted by atomic mass is 10.1. The molecule has 0 unspecified atom stereocenters. The van der Waals surface area contributed by atoms with E-state index < -0.39 is 12.1 Å². The quantitative estimate of drug-likeness (QED) is 0.600. The minimum Gasteiger partial charge on any atom is -0.475 e. The number of benzene rings is 2. The van der Waals surface area contributed by atoms with E-state index in [4.69, 9.17) is 14.0 Å².